The van der Waals surface area contributed by atoms with Crippen molar-refractivity contribution in [2.75, 3.05) is 20.2 Å². The molecule has 1 aliphatic rings. The van der Waals surface area contributed by atoms with Gasteiger partial charge in [-0.25, -0.2) is 0 Å². The van der Waals surface area contributed by atoms with Crippen molar-refractivity contribution in [2.45, 2.75) is 52.6 Å². The number of benzene rings is 1. The van der Waals surface area contributed by atoms with Crippen LogP contribution in [0.4, 0.5) is 0 Å². The topological polar surface area (TPSA) is 144 Å². The van der Waals surface area contributed by atoms with Gasteiger partial charge in [0.15, 0.2) is 5.56 Å². The summed E-state index contributed by atoms with van der Waals surface area (Å²) in [5, 5.41) is 28.6. The summed E-state index contributed by atoms with van der Waals surface area (Å²) in [6.45, 7) is 4.49. The van der Waals surface area contributed by atoms with Gasteiger partial charge in [-0.1, -0.05) is 25.0 Å². The lowest BCUT2D eigenvalue weighted by atomic mass is 10.1. The summed E-state index contributed by atoms with van der Waals surface area (Å²) in [6.07, 6.45) is 3.39. The molecule has 4 rings (SSSR count). The molecule has 0 aliphatic heterocycles. The Hall–Kier alpha value is -3.73. The second-order valence-corrected chi connectivity index (χ2v) is 8.72. The van der Waals surface area contributed by atoms with E-state index in [1.807, 2.05) is 13.8 Å². The molecule has 11 nitrogen and oxygen atoms in total. The normalized spacial score (nSPS) is 13.1. The Morgan fingerprint density at radius 1 is 1.25 bits per heavy atom. The molecule has 0 radical (unpaired) electrons. The maximum Gasteiger partial charge on any atom is 0.275 e. The van der Waals surface area contributed by atoms with Crippen molar-refractivity contribution in [1.29, 1.82) is 0 Å². The number of aryl methyl sites for hydroxylation is 1. The third-order valence-electron chi connectivity index (χ3n) is 6.40. The summed E-state index contributed by atoms with van der Waals surface area (Å²) in [4.78, 5) is 32.3. The van der Waals surface area contributed by atoms with Gasteiger partial charge in [0.05, 0.1) is 19.4 Å². The molecule has 2 aromatic heterocycles. The quantitative estimate of drug-likeness (QED) is 0.407. The van der Waals surface area contributed by atoms with Crippen LogP contribution in [0.5, 0.6) is 11.6 Å². The molecule has 192 valence electrons. The van der Waals surface area contributed by atoms with Crippen LogP contribution in [-0.2, 0) is 24.2 Å². The Morgan fingerprint density at radius 2 is 2.00 bits per heavy atom. The highest BCUT2D eigenvalue weighted by Gasteiger charge is 2.28. The first kappa shape index (κ1) is 25.4. The van der Waals surface area contributed by atoms with E-state index < -0.39 is 11.4 Å². The second-order valence-electron chi connectivity index (χ2n) is 8.72. The van der Waals surface area contributed by atoms with E-state index in [-0.39, 0.29) is 36.3 Å². The van der Waals surface area contributed by atoms with Gasteiger partial charge in [0, 0.05) is 25.1 Å². The number of ether oxygens (including phenoxy) is 1. The summed E-state index contributed by atoms with van der Waals surface area (Å²) in [5.41, 5.74) is -0.131. The van der Waals surface area contributed by atoms with E-state index >= 15 is 0 Å². The molecule has 0 unspecified atom stereocenters. The Bertz CT molecular complexity index is 1270. The van der Waals surface area contributed by atoms with Crippen molar-refractivity contribution >= 4 is 5.91 Å². The molecule has 2 heterocycles. The van der Waals surface area contributed by atoms with Gasteiger partial charge in [-0.3, -0.25) is 14.2 Å². The van der Waals surface area contributed by atoms with Crippen LogP contribution < -0.4 is 10.3 Å². The zero-order valence-corrected chi connectivity index (χ0v) is 20.7. The fraction of sp³-hybridized carbons (Fsp3) is 0.480. The molecule has 3 aromatic rings. The molecule has 1 saturated carbocycles. The first-order valence-corrected chi connectivity index (χ1v) is 12.1. The number of hydrogen-bond donors (Lipinski definition) is 2. The Labute approximate surface area is 208 Å². The average Bonchev–Trinajstić information content (AvgIpc) is 3.60. The largest absolute Gasteiger partial charge is 0.495 e. The molecule has 2 N–H and O–H groups in total. The monoisotopic (exact) mass is 497 g/mol. The lowest BCUT2D eigenvalue weighted by Crippen LogP contribution is -2.31. The van der Waals surface area contributed by atoms with E-state index in [9.17, 15) is 19.8 Å². The number of rotatable bonds is 11. The number of hydrogen-bond acceptors (Lipinski definition) is 9. The minimum atomic E-state index is -0.641. The zero-order valence-electron chi connectivity index (χ0n) is 20.7. The predicted octanol–water partition coefficient (Wildman–Crippen LogP) is 2.24. The predicted molar refractivity (Wildman–Crippen MR) is 130 cm³/mol. The third kappa shape index (κ3) is 5.11. The number of aliphatic hydroxyl groups is 1. The number of aromatic hydroxyl groups is 1. The molecule has 1 aromatic carbocycles. The number of methoxy groups -OCH3 is 1. The maximum atomic E-state index is 13.9. The Balaban J connectivity index is 1.82. The summed E-state index contributed by atoms with van der Waals surface area (Å²) >= 11 is 0. The van der Waals surface area contributed by atoms with E-state index in [0.29, 0.717) is 48.3 Å². The molecular weight excluding hydrogens is 466 g/mol. The van der Waals surface area contributed by atoms with Crippen molar-refractivity contribution in [3.63, 3.8) is 0 Å². The SMILES string of the molecule is CCN(CC)C(=O)Cc1nnc(-c2c(O)nc(CCC3CC3)n(-c3c(CO)cccc3OC)c2=O)o1. The first-order chi connectivity index (χ1) is 17.4. The van der Waals surface area contributed by atoms with Gasteiger partial charge < -0.3 is 24.3 Å². The van der Waals surface area contributed by atoms with Crippen LogP contribution in [0.1, 0.15) is 50.4 Å². The zero-order chi connectivity index (χ0) is 25.8. The molecule has 36 heavy (non-hydrogen) atoms. The number of likely N-dealkylation sites (N-methyl/N-ethyl adjacent to an activating group) is 1. The Kier molecular flexibility index (Phi) is 7.68. The molecule has 1 aliphatic carbocycles. The summed E-state index contributed by atoms with van der Waals surface area (Å²) < 4.78 is 12.5. The molecule has 1 amide bonds. The van der Waals surface area contributed by atoms with E-state index in [2.05, 4.69) is 15.2 Å². The highest BCUT2D eigenvalue weighted by Crippen LogP contribution is 2.35. The number of carbonyl (C=O) groups excluding carboxylic acids is 1. The van der Waals surface area contributed by atoms with Crippen molar-refractivity contribution in [2.24, 2.45) is 5.92 Å². The number of aliphatic hydroxyl groups excluding tert-OH is 1. The van der Waals surface area contributed by atoms with E-state index in [1.54, 1.807) is 23.1 Å². The fourth-order valence-corrected chi connectivity index (χ4v) is 4.24. The molecule has 0 spiro atoms. The summed E-state index contributed by atoms with van der Waals surface area (Å²) in [5.74, 6) is 0.331. The van der Waals surface area contributed by atoms with Crippen molar-refractivity contribution in [3.8, 4) is 28.8 Å². The first-order valence-electron chi connectivity index (χ1n) is 12.1. The highest BCUT2D eigenvalue weighted by atomic mass is 16.5. The lowest BCUT2D eigenvalue weighted by Gasteiger charge is -2.19. The lowest BCUT2D eigenvalue weighted by molar-refractivity contribution is -0.130. The standard InChI is InChI=1S/C25H31N5O6/c1-4-29(5-2)20(32)13-19-27-28-24(36-19)21-23(33)26-18(12-11-15-9-10-15)30(25(21)34)22-16(14-31)7-6-8-17(22)35-3/h6-8,15,31,33H,4-5,9-14H2,1-3H3. The molecule has 1 fully saturated rings. The van der Waals surface area contributed by atoms with Gasteiger partial charge in [-0.05, 0) is 32.3 Å². The minimum absolute atomic E-state index is 0.0263. The van der Waals surface area contributed by atoms with Gasteiger partial charge in [-0.15, -0.1) is 10.2 Å². The maximum absolute atomic E-state index is 13.9. The van der Waals surface area contributed by atoms with Crippen LogP contribution >= 0.6 is 0 Å². The average molecular weight is 498 g/mol. The molecular formula is C25H31N5O6. The number of carbonyl (C=O) groups is 1. The van der Waals surface area contributed by atoms with Gasteiger partial charge in [0.2, 0.25) is 17.7 Å². The van der Waals surface area contributed by atoms with Gasteiger partial charge in [0.1, 0.15) is 18.0 Å². The second kappa shape index (κ2) is 10.9. The van der Waals surface area contributed by atoms with Crippen molar-refractivity contribution in [3.05, 3.63) is 45.8 Å². The van der Waals surface area contributed by atoms with Crippen LogP contribution in [0.15, 0.2) is 27.4 Å². The van der Waals surface area contributed by atoms with Gasteiger partial charge in [0.25, 0.3) is 11.4 Å². The fourth-order valence-electron chi connectivity index (χ4n) is 4.24. The van der Waals surface area contributed by atoms with Crippen LogP contribution in [0.2, 0.25) is 0 Å². The third-order valence-corrected chi connectivity index (χ3v) is 6.40. The smallest absolute Gasteiger partial charge is 0.275 e. The molecule has 0 saturated heterocycles. The molecule has 11 heteroatoms. The van der Waals surface area contributed by atoms with E-state index in [0.717, 1.165) is 19.3 Å². The van der Waals surface area contributed by atoms with Crippen LogP contribution in [0.25, 0.3) is 17.1 Å². The van der Waals surface area contributed by atoms with Crippen LogP contribution in [0, 0.1) is 5.92 Å². The number of para-hydroxylation sites is 1. The van der Waals surface area contributed by atoms with Crippen LogP contribution in [0.3, 0.4) is 0 Å². The number of nitrogens with zero attached hydrogens (tertiary/aromatic N) is 5. The molecule has 0 atom stereocenters. The number of aromatic nitrogens is 4. The highest BCUT2D eigenvalue weighted by molar-refractivity contribution is 5.77. The van der Waals surface area contributed by atoms with Crippen LogP contribution in [-0.4, -0.2) is 61.0 Å². The summed E-state index contributed by atoms with van der Waals surface area (Å²) in [7, 11) is 1.47. The van der Waals surface area contributed by atoms with E-state index in [4.69, 9.17) is 9.15 Å². The van der Waals surface area contributed by atoms with Crippen molar-refractivity contribution in [1.82, 2.24) is 24.6 Å². The van der Waals surface area contributed by atoms with E-state index in [1.165, 1.54) is 11.7 Å². The number of amides is 1. The van der Waals surface area contributed by atoms with Gasteiger partial charge in [-0.2, -0.15) is 4.98 Å². The van der Waals surface area contributed by atoms with Crippen molar-refractivity contribution < 1.29 is 24.2 Å². The van der Waals surface area contributed by atoms with Gasteiger partial charge >= 0.3 is 0 Å². The minimum Gasteiger partial charge on any atom is -0.495 e. The summed E-state index contributed by atoms with van der Waals surface area (Å²) in [6, 6.07) is 5.08. The Morgan fingerprint density at radius 3 is 2.64 bits per heavy atom. The molecule has 0 bridgehead atoms.